The van der Waals surface area contributed by atoms with Gasteiger partial charge >= 0.3 is 0 Å². The fraction of sp³-hybridized carbons (Fsp3) is 0.179. The Bertz CT molecular complexity index is 1540. The molecule has 0 saturated heterocycles. The average molecular weight is 507 g/mol. The van der Waals surface area contributed by atoms with Crippen molar-refractivity contribution in [1.29, 1.82) is 0 Å². The summed E-state index contributed by atoms with van der Waals surface area (Å²) in [6, 6.07) is 19.7. The molecule has 5 rings (SSSR count). The summed E-state index contributed by atoms with van der Waals surface area (Å²) in [7, 11) is 3.71. The van der Waals surface area contributed by atoms with Gasteiger partial charge in [0.15, 0.2) is 0 Å². The topological polar surface area (TPSA) is 101 Å². The molecule has 2 aromatic heterocycles. The van der Waals surface area contributed by atoms with Crippen LogP contribution in [0.5, 0.6) is 0 Å². The lowest BCUT2D eigenvalue weighted by atomic mass is 10.0. The first kappa shape index (κ1) is 24.7. The smallest absolute Gasteiger partial charge is 0.249 e. The van der Waals surface area contributed by atoms with E-state index < -0.39 is 0 Å². The van der Waals surface area contributed by atoms with E-state index in [4.69, 9.17) is 9.98 Å². The van der Waals surface area contributed by atoms with Crippen LogP contribution >= 0.6 is 0 Å². The number of allylic oxidation sites excluding steroid dienone is 4. The number of benzene rings is 2. The van der Waals surface area contributed by atoms with Crippen LogP contribution < -0.4 is 15.5 Å². The zero-order chi connectivity index (χ0) is 26.6. The van der Waals surface area contributed by atoms with E-state index in [1.807, 2.05) is 94.7 Å². The first-order chi connectivity index (χ1) is 18.4. The third-order valence-corrected chi connectivity index (χ3v) is 5.85. The lowest BCUT2D eigenvalue weighted by Crippen LogP contribution is -2.27. The lowest BCUT2D eigenvalue weighted by molar-refractivity contribution is 0.745. The monoisotopic (exact) mass is 506 g/mol. The Balaban J connectivity index is 1.42. The van der Waals surface area contributed by atoms with Gasteiger partial charge in [-0.05, 0) is 55.8 Å². The average Bonchev–Trinajstić information content (AvgIpc) is 3.40. The molecular formula is C28H30N10. The highest BCUT2D eigenvalue weighted by Gasteiger charge is 2.24. The van der Waals surface area contributed by atoms with Gasteiger partial charge in [0.05, 0.1) is 0 Å². The molecule has 0 fully saturated rings. The molecule has 192 valence electrons. The summed E-state index contributed by atoms with van der Waals surface area (Å²) < 4.78 is 3.42. The largest absolute Gasteiger partial charge is 0.323 e. The number of aliphatic imine (C=N–C) groups is 1. The first-order valence-corrected chi connectivity index (χ1v) is 12.2. The molecule has 0 saturated carbocycles. The van der Waals surface area contributed by atoms with Gasteiger partial charge in [-0.2, -0.15) is 9.97 Å². The molecule has 1 aliphatic rings. The van der Waals surface area contributed by atoms with E-state index in [-0.39, 0.29) is 0 Å². The highest BCUT2D eigenvalue weighted by Crippen LogP contribution is 2.32. The molecule has 0 radical (unpaired) electrons. The Labute approximate surface area is 221 Å². The van der Waals surface area contributed by atoms with Crippen molar-refractivity contribution in [1.82, 2.24) is 29.5 Å². The number of nitrogens with zero attached hydrogens (tertiary/aromatic N) is 8. The van der Waals surface area contributed by atoms with E-state index in [1.165, 1.54) is 0 Å². The van der Waals surface area contributed by atoms with Crippen molar-refractivity contribution < 1.29 is 0 Å². The number of hydrogen-bond donors (Lipinski definition) is 2. The van der Waals surface area contributed by atoms with Crippen molar-refractivity contribution >= 4 is 40.9 Å². The van der Waals surface area contributed by atoms with Crippen molar-refractivity contribution in [2.24, 2.45) is 19.1 Å². The standard InChI is InChI=1S/C28H30N10/c1-19-16-21(3)38(28-33-26(35-37(28)5)31-23-14-10-7-11-15-23)24(17-19)18-20(2)29-27-32-25(34-36(27)4)30-22-12-8-6-9-13-22/h6-16,18H,1,17H2,2-5H3,(H,30,34)(H,31,35)/b24-18-,29-20-. The third-order valence-electron chi connectivity index (χ3n) is 5.85. The van der Waals surface area contributed by atoms with Gasteiger partial charge in [0.25, 0.3) is 0 Å². The number of aromatic nitrogens is 6. The molecule has 0 atom stereocenters. The maximum atomic E-state index is 4.78. The Morgan fingerprint density at radius 3 is 2.11 bits per heavy atom. The van der Waals surface area contributed by atoms with Crippen LogP contribution in [0.3, 0.4) is 0 Å². The summed E-state index contributed by atoms with van der Waals surface area (Å²) in [6.45, 7) is 8.18. The van der Waals surface area contributed by atoms with E-state index in [2.05, 4.69) is 43.4 Å². The maximum Gasteiger partial charge on any atom is 0.249 e. The summed E-state index contributed by atoms with van der Waals surface area (Å²) in [6.07, 6.45) is 4.74. The summed E-state index contributed by atoms with van der Waals surface area (Å²) in [5.41, 5.74) is 5.61. The molecular weight excluding hydrogens is 476 g/mol. The number of rotatable bonds is 7. The molecule has 0 aliphatic carbocycles. The van der Waals surface area contributed by atoms with E-state index in [1.54, 1.807) is 9.36 Å². The van der Waals surface area contributed by atoms with Crippen LogP contribution in [-0.4, -0.2) is 35.2 Å². The Morgan fingerprint density at radius 1 is 0.895 bits per heavy atom. The summed E-state index contributed by atoms with van der Waals surface area (Å²) in [5.74, 6) is 2.20. The molecule has 2 N–H and O–H groups in total. The van der Waals surface area contributed by atoms with Gasteiger partial charge in [0, 0.05) is 49.0 Å². The minimum Gasteiger partial charge on any atom is -0.323 e. The van der Waals surface area contributed by atoms with Gasteiger partial charge in [0.1, 0.15) is 0 Å². The van der Waals surface area contributed by atoms with Gasteiger partial charge in [-0.25, -0.2) is 14.4 Å². The Kier molecular flexibility index (Phi) is 6.86. The fourth-order valence-electron chi connectivity index (χ4n) is 4.23. The van der Waals surface area contributed by atoms with Crippen molar-refractivity contribution in [2.45, 2.75) is 20.3 Å². The van der Waals surface area contributed by atoms with Crippen molar-refractivity contribution in [2.75, 3.05) is 15.5 Å². The van der Waals surface area contributed by atoms with E-state index in [9.17, 15) is 0 Å². The maximum absolute atomic E-state index is 4.78. The van der Waals surface area contributed by atoms with Gasteiger partial charge in [-0.3, -0.25) is 4.90 Å². The molecule has 2 aromatic carbocycles. The van der Waals surface area contributed by atoms with E-state index in [0.29, 0.717) is 30.2 Å². The molecule has 4 aromatic rings. The van der Waals surface area contributed by atoms with Crippen LogP contribution in [0, 0.1) is 0 Å². The SMILES string of the molecule is C=C1C=C(C)N(c2nc(Nc3ccccc3)nn2C)/C(=C\C(C)=N/c2nc(Nc3ccccc3)nn2C)C1. The molecule has 0 bridgehead atoms. The summed E-state index contributed by atoms with van der Waals surface area (Å²) >= 11 is 0. The molecule has 0 amide bonds. The highest BCUT2D eigenvalue weighted by atomic mass is 15.5. The number of para-hydroxylation sites is 2. The predicted molar refractivity (Wildman–Crippen MR) is 152 cm³/mol. The Morgan fingerprint density at radius 2 is 1.47 bits per heavy atom. The van der Waals surface area contributed by atoms with Crippen LogP contribution in [-0.2, 0) is 14.1 Å². The van der Waals surface area contributed by atoms with Crippen LogP contribution in [0.25, 0.3) is 0 Å². The van der Waals surface area contributed by atoms with Gasteiger partial charge in [-0.15, -0.1) is 10.2 Å². The molecule has 10 heteroatoms. The zero-order valence-corrected chi connectivity index (χ0v) is 21.9. The van der Waals surface area contributed by atoms with E-state index >= 15 is 0 Å². The van der Waals surface area contributed by atoms with Crippen LogP contribution in [0.2, 0.25) is 0 Å². The first-order valence-electron chi connectivity index (χ1n) is 12.2. The minimum absolute atomic E-state index is 0.488. The summed E-state index contributed by atoms with van der Waals surface area (Å²) in [5, 5.41) is 15.5. The van der Waals surface area contributed by atoms with Gasteiger partial charge in [-0.1, -0.05) is 43.0 Å². The van der Waals surface area contributed by atoms with Gasteiger partial charge < -0.3 is 10.6 Å². The predicted octanol–water partition coefficient (Wildman–Crippen LogP) is 5.78. The summed E-state index contributed by atoms with van der Waals surface area (Å²) in [4.78, 5) is 16.1. The normalized spacial score (nSPS) is 15.1. The van der Waals surface area contributed by atoms with Crippen LogP contribution in [0.4, 0.5) is 35.2 Å². The van der Waals surface area contributed by atoms with Gasteiger partial charge in [0.2, 0.25) is 23.8 Å². The molecule has 1 aliphatic heterocycles. The minimum atomic E-state index is 0.488. The molecule has 10 nitrogen and oxygen atoms in total. The number of nitrogens with one attached hydrogen (secondary N) is 2. The molecule has 38 heavy (non-hydrogen) atoms. The van der Waals surface area contributed by atoms with Crippen LogP contribution in [0.1, 0.15) is 20.3 Å². The van der Waals surface area contributed by atoms with Crippen molar-refractivity contribution in [3.05, 3.63) is 96.4 Å². The van der Waals surface area contributed by atoms with E-state index in [0.717, 1.165) is 34.1 Å². The fourth-order valence-corrected chi connectivity index (χ4v) is 4.23. The zero-order valence-electron chi connectivity index (χ0n) is 21.9. The lowest BCUT2D eigenvalue weighted by Gasteiger charge is -2.30. The Hall–Kier alpha value is -4.99. The quantitative estimate of drug-likeness (QED) is 0.307. The number of anilines is 5. The van der Waals surface area contributed by atoms with Crippen LogP contribution in [0.15, 0.2) is 101 Å². The highest BCUT2D eigenvalue weighted by molar-refractivity contribution is 5.95. The molecule has 0 unspecified atom stereocenters. The molecule has 3 heterocycles. The van der Waals surface area contributed by atoms with Crippen molar-refractivity contribution in [3.63, 3.8) is 0 Å². The number of aryl methyl sites for hydroxylation is 2. The molecule has 0 spiro atoms. The van der Waals surface area contributed by atoms with Crippen molar-refractivity contribution in [3.8, 4) is 0 Å². The second kappa shape index (κ2) is 10.6. The second-order valence-corrected chi connectivity index (χ2v) is 9.05. The second-order valence-electron chi connectivity index (χ2n) is 9.05. The number of hydrogen-bond acceptors (Lipinski definition) is 8. The third kappa shape index (κ3) is 5.54.